The first kappa shape index (κ1) is 46.7. The first-order valence-corrected chi connectivity index (χ1v) is 18.6. The molecule has 3 rings (SSSR count). The standard InChI is InChI=1S/C35H61NO18/c1-3-5-6-7-8-9-10-11-13-19(40)18(36-23(41)12-4-2)17-49-33-29(47)26(44)31(21(15-38)51-33)54-35-30(48)27(45)32(22(16-39)52-35)53-34-28(46)25(43)24(42)20(14-37)50-34/h7-8,11,13,18-22,24-35,37-40,42-48H,3-6,9-10,12,14-17H2,1-2H3,(H,36,41)/b8-7+,13-11+. The number of hydrogen-bond donors (Lipinski definition) is 12. The van der Waals surface area contributed by atoms with Crippen molar-refractivity contribution in [1.29, 1.82) is 0 Å². The molecule has 3 aliphatic rings. The van der Waals surface area contributed by atoms with Gasteiger partial charge in [0.25, 0.3) is 0 Å². The molecule has 3 fully saturated rings. The number of aliphatic hydroxyl groups is 11. The van der Waals surface area contributed by atoms with Crippen molar-refractivity contribution < 1.29 is 89.4 Å². The van der Waals surface area contributed by atoms with E-state index in [0.29, 0.717) is 12.8 Å². The van der Waals surface area contributed by atoms with E-state index in [9.17, 15) is 61.0 Å². The van der Waals surface area contributed by atoms with Crippen LogP contribution in [0.2, 0.25) is 0 Å². The zero-order valence-corrected chi connectivity index (χ0v) is 30.7. The number of aliphatic hydroxyl groups excluding tert-OH is 11. The molecule has 17 unspecified atom stereocenters. The summed E-state index contributed by atoms with van der Waals surface area (Å²) in [6.45, 7) is 1.13. The van der Waals surface area contributed by atoms with E-state index >= 15 is 0 Å². The molecular weight excluding hydrogens is 722 g/mol. The molecular formula is C35H61NO18. The molecule has 0 radical (unpaired) electrons. The van der Waals surface area contributed by atoms with Gasteiger partial charge in [-0.15, -0.1) is 0 Å². The van der Waals surface area contributed by atoms with Crippen LogP contribution < -0.4 is 5.32 Å². The number of hydrogen-bond acceptors (Lipinski definition) is 18. The van der Waals surface area contributed by atoms with Crippen molar-refractivity contribution >= 4 is 5.91 Å². The largest absolute Gasteiger partial charge is 0.394 e. The highest BCUT2D eigenvalue weighted by atomic mass is 16.8. The topological polar surface area (TPSA) is 307 Å². The maximum absolute atomic E-state index is 12.4. The molecule has 19 nitrogen and oxygen atoms in total. The minimum Gasteiger partial charge on any atom is -0.394 e. The summed E-state index contributed by atoms with van der Waals surface area (Å²) < 4.78 is 33.5. The number of ether oxygens (including phenoxy) is 6. The second-order valence-electron chi connectivity index (χ2n) is 13.7. The molecule has 1 amide bonds. The number of allylic oxidation sites excluding steroid dienone is 3. The van der Waals surface area contributed by atoms with Gasteiger partial charge in [-0.25, -0.2) is 0 Å². The third-order valence-electron chi connectivity index (χ3n) is 9.47. The number of unbranched alkanes of at least 4 members (excludes halogenated alkanes) is 3. The number of carbonyl (C=O) groups excluding carboxylic acids is 1. The van der Waals surface area contributed by atoms with Gasteiger partial charge < -0.3 is 89.9 Å². The van der Waals surface area contributed by atoms with E-state index in [-0.39, 0.29) is 18.9 Å². The van der Waals surface area contributed by atoms with Crippen molar-refractivity contribution in [1.82, 2.24) is 5.32 Å². The van der Waals surface area contributed by atoms with Crippen molar-refractivity contribution in [3.63, 3.8) is 0 Å². The van der Waals surface area contributed by atoms with E-state index in [1.165, 1.54) is 6.08 Å². The summed E-state index contributed by atoms with van der Waals surface area (Å²) in [6, 6.07) is -0.976. The van der Waals surface area contributed by atoms with Gasteiger partial charge >= 0.3 is 0 Å². The van der Waals surface area contributed by atoms with Crippen LogP contribution in [0.5, 0.6) is 0 Å². The van der Waals surface area contributed by atoms with E-state index in [0.717, 1.165) is 25.7 Å². The van der Waals surface area contributed by atoms with Crippen molar-refractivity contribution in [2.24, 2.45) is 0 Å². The van der Waals surface area contributed by atoms with Crippen LogP contribution in [-0.4, -0.2) is 193 Å². The molecule has 12 N–H and O–H groups in total. The molecule has 0 aromatic heterocycles. The van der Waals surface area contributed by atoms with Crippen molar-refractivity contribution in [2.75, 3.05) is 26.4 Å². The summed E-state index contributed by atoms with van der Waals surface area (Å²) in [4.78, 5) is 12.4. The van der Waals surface area contributed by atoms with E-state index in [1.54, 1.807) is 6.08 Å². The summed E-state index contributed by atoms with van der Waals surface area (Å²) in [6.07, 6.45) is -14.0. The molecule has 19 heteroatoms. The Hall–Kier alpha value is -1.73. The molecule has 17 atom stereocenters. The molecule has 0 spiro atoms. The molecule has 314 valence electrons. The maximum atomic E-state index is 12.4. The Morgan fingerprint density at radius 2 is 1.15 bits per heavy atom. The summed E-state index contributed by atoms with van der Waals surface area (Å²) in [5, 5.41) is 118. The van der Waals surface area contributed by atoms with Crippen LogP contribution in [0, 0.1) is 0 Å². The van der Waals surface area contributed by atoms with Crippen LogP contribution in [0.3, 0.4) is 0 Å². The average Bonchev–Trinajstić information content (AvgIpc) is 3.16. The number of nitrogens with one attached hydrogen (secondary N) is 1. The van der Waals surface area contributed by atoms with Gasteiger partial charge in [-0.1, -0.05) is 51.0 Å². The highest BCUT2D eigenvalue weighted by molar-refractivity contribution is 5.76. The zero-order valence-electron chi connectivity index (χ0n) is 30.7. The fraction of sp³-hybridized carbons (Fsp3) is 0.857. The lowest BCUT2D eigenvalue weighted by Crippen LogP contribution is -2.66. The molecule has 3 heterocycles. The predicted octanol–water partition coefficient (Wildman–Crippen LogP) is -3.82. The molecule has 0 aromatic rings. The lowest BCUT2D eigenvalue weighted by molar-refractivity contribution is -0.379. The van der Waals surface area contributed by atoms with Gasteiger partial charge in [0.2, 0.25) is 5.91 Å². The number of rotatable bonds is 21. The van der Waals surface area contributed by atoms with Crippen LogP contribution in [0.1, 0.15) is 58.8 Å². The molecule has 54 heavy (non-hydrogen) atoms. The van der Waals surface area contributed by atoms with E-state index < -0.39 is 124 Å². The van der Waals surface area contributed by atoms with Crippen LogP contribution in [-0.2, 0) is 33.2 Å². The molecule has 0 saturated carbocycles. The van der Waals surface area contributed by atoms with Crippen LogP contribution >= 0.6 is 0 Å². The monoisotopic (exact) mass is 783 g/mol. The highest BCUT2D eigenvalue weighted by Gasteiger charge is 2.53. The zero-order chi connectivity index (χ0) is 39.9. The van der Waals surface area contributed by atoms with Crippen LogP contribution in [0.15, 0.2) is 24.3 Å². The average molecular weight is 784 g/mol. The van der Waals surface area contributed by atoms with E-state index in [1.807, 2.05) is 6.92 Å². The Bertz CT molecular complexity index is 1130. The summed E-state index contributed by atoms with van der Waals surface area (Å²) in [5.74, 6) is -0.348. The summed E-state index contributed by atoms with van der Waals surface area (Å²) in [5.41, 5.74) is 0. The van der Waals surface area contributed by atoms with Gasteiger partial charge in [-0.05, 0) is 25.7 Å². The van der Waals surface area contributed by atoms with Crippen molar-refractivity contribution in [3.8, 4) is 0 Å². The van der Waals surface area contributed by atoms with Gasteiger partial charge in [-0.2, -0.15) is 0 Å². The normalized spacial score (nSPS) is 38.9. The SMILES string of the molecule is CCCC/C=C/CC/C=C/C(O)C(COC1OC(CO)C(OC2OC(CO)C(OC3OC(CO)C(O)C(O)C3O)C(O)C2O)C(O)C1O)NC(=O)CCC. The first-order valence-electron chi connectivity index (χ1n) is 18.6. The van der Waals surface area contributed by atoms with Gasteiger partial charge in [-0.3, -0.25) is 4.79 Å². The van der Waals surface area contributed by atoms with E-state index in [2.05, 4.69) is 24.4 Å². The fourth-order valence-electron chi connectivity index (χ4n) is 6.23. The highest BCUT2D eigenvalue weighted by Crippen LogP contribution is 2.32. The maximum Gasteiger partial charge on any atom is 0.220 e. The second-order valence-corrected chi connectivity index (χ2v) is 13.7. The van der Waals surface area contributed by atoms with Gasteiger partial charge in [0.05, 0.1) is 38.6 Å². The number of carbonyl (C=O) groups is 1. The van der Waals surface area contributed by atoms with Crippen LogP contribution in [0.4, 0.5) is 0 Å². The minimum absolute atomic E-state index is 0.184. The summed E-state index contributed by atoms with van der Waals surface area (Å²) in [7, 11) is 0. The predicted molar refractivity (Wildman–Crippen MR) is 185 cm³/mol. The smallest absolute Gasteiger partial charge is 0.220 e. The van der Waals surface area contributed by atoms with Gasteiger partial charge in [0.1, 0.15) is 73.2 Å². The van der Waals surface area contributed by atoms with Crippen molar-refractivity contribution in [2.45, 2.75) is 163 Å². The molecule has 0 aliphatic carbocycles. The molecule has 3 aliphatic heterocycles. The lowest BCUT2D eigenvalue weighted by Gasteiger charge is -2.48. The molecule has 3 saturated heterocycles. The van der Waals surface area contributed by atoms with E-state index in [4.69, 9.17) is 28.4 Å². The number of amides is 1. The Morgan fingerprint density at radius 1 is 0.648 bits per heavy atom. The first-order chi connectivity index (χ1) is 25.8. The second kappa shape index (κ2) is 23.5. The quantitative estimate of drug-likeness (QED) is 0.0392. The Morgan fingerprint density at radius 3 is 1.70 bits per heavy atom. The van der Waals surface area contributed by atoms with Crippen LogP contribution in [0.25, 0.3) is 0 Å². The Balaban J connectivity index is 1.64. The van der Waals surface area contributed by atoms with Crippen molar-refractivity contribution in [3.05, 3.63) is 24.3 Å². The van der Waals surface area contributed by atoms with Gasteiger partial charge in [0, 0.05) is 6.42 Å². The fourth-order valence-corrected chi connectivity index (χ4v) is 6.23. The molecule has 0 aromatic carbocycles. The molecule has 0 bridgehead atoms. The lowest BCUT2D eigenvalue weighted by atomic mass is 9.96. The van der Waals surface area contributed by atoms with Gasteiger partial charge in [0.15, 0.2) is 18.9 Å². The third-order valence-corrected chi connectivity index (χ3v) is 9.47. The Kier molecular flexibility index (Phi) is 20.3. The minimum atomic E-state index is -1.97. The third kappa shape index (κ3) is 12.6. The Labute approximate surface area is 314 Å². The summed E-state index contributed by atoms with van der Waals surface area (Å²) >= 11 is 0.